The Kier molecular flexibility index (Phi) is 7.36. The molecule has 128 valence electrons. The van der Waals surface area contributed by atoms with E-state index in [9.17, 15) is 4.79 Å². The second-order valence-corrected chi connectivity index (χ2v) is 5.86. The van der Waals surface area contributed by atoms with Crippen molar-refractivity contribution < 1.29 is 14.3 Å². The fourth-order valence-corrected chi connectivity index (χ4v) is 2.74. The third-order valence-electron chi connectivity index (χ3n) is 4.04. The molecule has 1 heterocycles. The van der Waals surface area contributed by atoms with E-state index in [1.54, 1.807) is 7.11 Å². The molecule has 1 aliphatic rings. The molecule has 0 aromatic heterocycles. The van der Waals surface area contributed by atoms with Gasteiger partial charge in [-0.1, -0.05) is 13.0 Å². The van der Waals surface area contributed by atoms with Gasteiger partial charge < -0.3 is 14.4 Å². The van der Waals surface area contributed by atoms with Crippen molar-refractivity contribution in [2.75, 3.05) is 53.0 Å². The molecular weight excluding hydrogens is 292 g/mol. The van der Waals surface area contributed by atoms with Crippen LogP contribution >= 0.6 is 0 Å². The number of ether oxygens (including phenoxy) is 2. The molecule has 0 atom stereocenters. The quantitative estimate of drug-likeness (QED) is 0.773. The first-order chi connectivity index (χ1) is 11.2. The van der Waals surface area contributed by atoms with Crippen LogP contribution in [0.4, 0.5) is 0 Å². The summed E-state index contributed by atoms with van der Waals surface area (Å²) in [6.45, 7) is 7.92. The zero-order chi connectivity index (χ0) is 16.5. The first kappa shape index (κ1) is 17.8. The Hall–Kier alpha value is -1.59. The average molecular weight is 320 g/mol. The summed E-state index contributed by atoms with van der Waals surface area (Å²) in [5.41, 5.74) is 0.712. The molecular formula is C18H28N2O3. The van der Waals surface area contributed by atoms with E-state index in [0.717, 1.165) is 57.9 Å². The van der Waals surface area contributed by atoms with Crippen molar-refractivity contribution >= 4 is 5.91 Å². The van der Waals surface area contributed by atoms with Gasteiger partial charge in [0.05, 0.1) is 13.2 Å². The normalized spacial score (nSPS) is 16.2. The minimum atomic E-state index is 0.0977. The topological polar surface area (TPSA) is 42.0 Å². The maximum atomic E-state index is 12.7. The molecule has 1 saturated heterocycles. The first-order valence-electron chi connectivity index (χ1n) is 8.48. The zero-order valence-electron chi connectivity index (χ0n) is 14.3. The van der Waals surface area contributed by atoms with Gasteiger partial charge in [-0.15, -0.1) is 0 Å². The molecule has 2 rings (SSSR count). The van der Waals surface area contributed by atoms with Gasteiger partial charge in [-0.05, 0) is 37.6 Å². The summed E-state index contributed by atoms with van der Waals surface area (Å²) in [6.07, 6.45) is 1.96. The van der Waals surface area contributed by atoms with Crippen LogP contribution in [0.5, 0.6) is 5.75 Å². The van der Waals surface area contributed by atoms with Crippen LogP contribution in [0.15, 0.2) is 24.3 Å². The van der Waals surface area contributed by atoms with Gasteiger partial charge in [0.1, 0.15) is 5.75 Å². The second-order valence-electron chi connectivity index (χ2n) is 5.86. The van der Waals surface area contributed by atoms with Gasteiger partial charge in [0.2, 0.25) is 0 Å². The van der Waals surface area contributed by atoms with Crippen LogP contribution in [0.2, 0.25) is 0 Å². The van der Waals surface area contributed by atoms with Crippen molar-refractivity contribution in [3.8, 4) is 5.75 Å². The van der Waals surface area contributed by atoms with Gasteiger partial charge in [0.15, 0.2) is 0 Å². The zero-order valence-corrected chi connectivity index (χ0v) is 14.3. The molecule has 5 heteroatoms. The lowest BCUT2D eigenvalue weighted by Crippen LogP contribution is -2.36. The Morgan fingerprint density at radius 1 is 1.17 bits per heavy atom. The molecule has 0 bridgehead atoms. The maximum absolute atomic E-state index is 12.7. The van der Waals surface area contributed by atoms with Gasteiger partial charge in [-0.3, -0.25) is 9.69 Å². The predicted molar refractivity (Wildman–Crippen MR) is 91.1 cm³/mol. The van der Waals surface area contributed by atoms with E-state index in [0.29, 0.717) is 12.2 Å². The Bertz CT molecular complexity index is 493. The Labute approximate surface area is 139 Å². The number of hydrogen-bond acceptors (Lipinski definition) is 4. The predicted octanol–water partition coefficient (Wildman–Crippen LogP) is 2.27. The van der Waals surface area contributed by atoms with E-state index in [2.05, 4.69) is 11.8 Å². The Morgan fingerprint density at radius 2 is 2.04 bits per heavy atom. The summed E-state index contributed by atoms with van der Waals surface area (Å²) < 4.78 is 10.8. The van der Waals surface area contributed by atoms with E-state index in [1.807, 2.05) is 29.2 Å². The van der Waals surface area contributed by atoms with Crippen molar-refractivity contribution in [2.24, 2.45) is 0 Å². The first-order valence-corrected chi connectivity index (χ1v) is 8.48. The highest BCUT2D eigenvalue weighted by molar-refractivity contribution is 5.94. The van der Waals surface area contributed by atoms with Gasteiger partial charge in [0, 0.05) is 38.9 Å². The number of amides is 1. The minimum Gasteiger partial charge on any atom is -0.494 e. The number of carbonyl (C=O) groups excluding carboxylic acids is 1. The molecule has 0 N–H and O–H groups in total. The van der Waals surface area contributed by atoms with E-state index < -0.39 is 0 Å². The molecule has 23 heavy (non-hydrogen) atoms. The molecule has 5 nitrogen and oxygen atoms in total. The van der Waals surface area contributed by atoms with E-state index in [-0.39, 0.29) is 5.91 Å². The van der Waals surface area contributed by atoms with Crippen molar-refractivity contribution in [3.05, 3.63) is 29.8 Å². The highest BCUT2D eigenvalue weighted by atomic mass is 16.5. The molecule has 0 aliphatic carbocycles. The summed E-state index contributed by atoms with van der Waals surface area (Å²) in [7, 11) is 1.72. The van der Waals surface area contributed by atoms with Crippen LogP contribution in [-0.4, -0.2) is 68.8 Å². The lowest BCUT2D eigenvalue weighted by atomic mass is 10.2. The van der Waals surface area contributed by atoms with Crippen LogP contribution in [-0.2, 0) is 4.74 Å². The third-order valence-corrected chi connectivity index (χ3v) is 4.04. The molecule has 1 fully saturated rings. The molecule has 1 aliphatic heterocycles. The maximum Gasteiger partial charge on any atom is 0.254 e. The average Bonchev–Trinajstić information content (AvgIpc) is 2.83. The van der Waals surface area contributed by atoms with Crippen LogP contribution in [0, 0.1) is 0 Å². The van der Waals surface area contributed by atoms with Crippen LogP contribution in [0.1, 0.15) is 30.1 Å². The van der Waals surface area contributed by atoms with Crippen molar-refractivity contribution in [3.63, 3.8) is 0 Å². The monoisotopic (exact) mass is 320 g/mol. The number of nitrogens with zero attached hydrogens (tertiary/aromatic N) is 2. The SMILES string of the molecule is CCCOc1cccc(C(=O)N2CCCN(CCOC)CC2)c1. The molecule has 1 amide bonds. The summed E-state index contributed by atoms with van der Waals surface area (Å²) >= 11 is 0. The minimum absolute atomic E-state index is 0.0977. The summed E-state index contributed by atoms with van der Waals surface area (Å²) in [5.74, 6) is 0.870. The van der Waals surface area contributed by atoms with Crippen LogP contribution in [0.3, 0.4) is 0 Å². The lowest BCUT2D eigenvalue weighted by Gasteiger charge is -2.22. The van der Waals surface area contributed by atoms with Gasteiger partial charge in [-0.25, -0.2) is 0 Å². The van der Waals surface area contributed by atoms with Crippen molar-refractivity contribution in [2.45, 2.75) is 19.8 Å². The lowest BCUT2D eigenvalue weighted by molar-refractivity contribution is 0.0758. The largest absolute Gasteiger partial charge is 0.494 e. The molecule has 0 unspecified atom stereocenters. The number of rotatable bonds is 7. The summed E-state index contributed by atoms with van der Waals surface area (Å²) in [6, 6.07) is 7.52. The molecule has 1 aromatic carbocycles. The number of methoxy groups -OCH3 is 1. The van der Waals surface area contributed by atoms with E-state index in [1.165, 1.54) is 0 Å². The van der Waals surface area contributed by atoms with Crippen LogP contribution < -0.4 is 4.74 Å². The third kappa shape index (κ3) is 5.52. The molecule has 0 saturated carbocycles. The Morgan fingerprint density at radius 3 is 2.83 bits per heavy atom. The fraction of sp³-hybridized carbons (Fsp3) is 0.611. The highest BCUT2D eigenvalue weighted by Crippen LogP contribution is 2.16. The standard InChI is InChI=1S/C18H28N2O3/c1-3-13-23-17-7-4-6-16(15-17)18(21)20-9-5-8-19(10-11-20)12-14-22-2/h4,6-7,15H,3,5,8-14H2,1-2H3. The van der Waals surface area contributed by atoms with Gasteiger partial charge >= 0.3 is 0 Å². The Balaban J connectivity index is 1.94. The number of benzene rings is 1. The van der Waals surface area contributed by atoms with E-state index >= 15 is 0 Å². The van der Waals surface area contributed by atoms with Crippen molar-refractivity contribution in [1.29, 1.82) is 0 Å². The van der Waals surface area contributed by atoms with Crippen LogP contribution in [0.25, 0.3) is 0 Å². The second kappa shape index (κ2) is 9.53. The van der Waals surface area contributed by atoms with E-state index in [4.69, 9.17) is 9.47 Å². The highest BCUT2D eigenvalue weighted by Gasteiger charge is 2.20. The number of carbonyl (C=O) groups is 1. The van der Waals surface area contributed by atoms with Crippen molar-refractivity contribution in [1.82, 2.24) is 9.80 Å². The molecule has 1 aromatic rings. The van der Waals surface area contributed by atoms with Gasteiger partial charge in [0.25, 0.3) is 5.91 Å². The molecule has 0 spiro atoms. The fourth-order valence-electron chi connectivity index (χ4n) is 2.74. The smallest absolute Gasteiger partial charge is 0.254 e. The summed E-state index contributed by atoms with van der Waals surface area (Å²) in [5, 5.41) is 0. The van der Waals surface area contributed by atoms with Gasteiger partial charge in [-0.2, -0.15) is 0 Å². The number of hydrogen-bond donors (Lipinski definition) is 0. The summed E-state index contributed by atoms with van der Waals surface area (Å²) in [4.78, 5) is 17.0. The molecule has 0 radical (unpaired) electrons.